The molecule has 0 unspecified atom stereocenters. The Morgan fingerprint density at radius 2 is 2.08 bits per heavy atom. The number of aromatic nitrogens is 2. The third kappa shape index (κ3) is 3.77. The first kappa shape index (κ1) is 16.7. The zero-order valence-electron chi connectivity index (χ0n) is 14.5. The SMILES string of the molecule is O=C(C1CCOCC1)N1CCC[C@]2(C[C@H](Nc3ncccn3)CO2)C1. The van der Waals surface area contributed by atoms with Crippen LogP contribution in [-0.2, 0) is 14.3 Å². The van der Waals surface area contributed by atoms with Crippen molar-refractivity contribution in [3.8, 4) is 0 Å². The number of carbonyl (C=O) groups is 1. The minimum Gasteiger partial charge on any atom is -0.381 e. The van der Waals surface area contributed by atoms with E-state index in [0.717, 1.165) is 38.6 Å². The number of likely N-dealkylation sites (tertiary alicyclic amines) is 1. The van der Waals surface area contributed by atoms with Crippen LogP contribution in [0, 0.1) is 5.92 Å². The van der Waals surface area contributed by atoms with Crippen molar-refractivity contribution < 1.29 is 14.3 Å². The molecule has 25 heavy (non-hydrogen) atoms. The van der Waals surface area contributed by atoms with Crippen LogP contribution in [0.4, 0.5) is 5.95 Å². The normalized spacial score (nSPS) is 30.6. The van der Waals surface area contributed by atoms with Crippen LogP contribution in [0.2, 0.25) is 0 Å². The maximum Gasteiger partial charge on any atom is 0.225 e. The average molecular weight is 346 g/mol. The van der Waals surface area contributed by atoms with E-state index in [1.54, 1.807) is 18.5 Å². The highest BCUT2D eigenvalue weighted by Crippen LogP contribution is 2.36. The Morgan fingerprint density at radius 1 is 1.28 bits per heavy atom. The summed E-state index contributed by atoms with van der Waals surface area (Å²) in [7, 11) is 0. The van der Waals surface area contributed by atoms with E-state index in [2.05, 4.69) is 15.3 Å². The van der Waals surface area contributed by atoms with Crippen LogP contribution in [0.5, 0.6) is 0 Å². The number of ether oxygens (including phenoxy) is 2. The number of carbonyl (C=O) groups excluding carboxylic acids is 1. The van der Waals surface area contributed by atoms with Crippen molar-refractivity contribution in [2.45, 2.75) is 43.7 Å². The van der Waals surface area contributed by atoms with Gasteiger partial charge in [-0.3, -0.25) is 4.79 Å². The molecule has 1 N–H and O–H groups in total. The summed E-state index contributed by atoms with van der Waals surface area (Å²) in [6.45, 7) is 3.60. The van der Waals surface area contributed by atoms with Gasteiger partial charge in [-0.1, -0.05) is 0 Å². The van der Waals surface area contributed by atoms with E-state index in [1.807, 2.05) is 4.90 Å². The largest absolute Gasteiger partial charge is 0.381 e. The second-order valence-electron chi connectivity index (χ2n) is 7.36. The smallest absolute Gasteiger partial charge is 0.225 e. The Morgan fingerprint density at radius 3 is 2.88 bits per heavy atom. The molecule has 3 aliphatic rings. The summed E-state index contributed by atoms with van der Waals surface area (Å²) in [6, 6.07) is 2.00. The Kier molecular flexibility index (Phi) is 4.85. The summed E-state index contributed by atoms with van der Waals surface area (Å²) in [5.41, 5.74) is -0.217. The molecular weight excluding hydrogens is 320 g/mol. The van der Waals surface area contributed by atoms with Crippen molar-refractivity contribution in [2.75, 3.05) is 38.2 Å². The molecule has 1 aromatic heterocycles. The van der Waals surface area contributed by atoms with Gasteiger partial charge in [0, 0.05) is 51.0 Å². The van der Waals surface area contributed by atoms with E-state index in [4.69, 9.17) is 9.47 Å². The van der Waals surface area contributed by atoms with Crippen LogP contribution in [0.1, 0.15) is 32.1 Å². The van der Waals surface area contributed by atoms with Crippen LogP contribution in [0.15, 0.2) is 18.5 Å². The zero-order chi connectivity index (χ0) is 17.1. The van der Waals surface area contributed by atoms with Crippen molar-refractivity contribution in [2.24, 2.45) is 5.92 Å². The van der Waals surface area contributed by atoms with Crippen molar-refractivity contribution in [1.82, 2.24) is 14.9 Å². The third-order valence-electron chi connectivity index (χ3n) is 5.53. The topological polar surface area (TPSA) is 76.6 Å². The van der Waals surface area contributed by atoms with Gasteiger partial charge in [-0.05, 0) is 31.7 Å². The van der Waals surface area contributed by atoms with Crippen LogP contribution >= 0.6 is 0 Å². The first-order chi connectivity index (χ1) is 12.2. The summed E-state index contributed by atoms with van der Waals surface area (Å²) in [6.07, 6.45) is 8.06. The van der Waals surface area contributed by atoms with E-state index >= 15 is 0 Å². The fourth-order valence-electron chi connectivity index (χ4n) is 4.27. The fourth-order valence-corrected chi connectivity index (χ4v) is 4.27. The predicted molar refractivity (Wildman–Crippen MR) is 92.1 cm³/mol. The van der Waals surface area contributed by atoms with E-state index < -0.39 is 0 Å². The molecule has 3 aliphatic heterocycles. The number of piperidine rings is 1. The van der Waals surface area contributed by atoms with E-state index in [0.29, 0.717) is 32.3 Å². The molecule has 4 heterocycles. The Bertz CT molecular complexity index is 593. The molecule has 0 radical (unpaired) electrons. The third-order valence-corrected chi connectivity index (χ3v) is 5.53. The minimum atomic E-state index is -0.217. The number of hydrogen-bond donors (Lipinski definition) is 1. The van der Waals surface area contributed by atoms with Gasteiger partial charge in [-0.15, -0.1) is 0 Å². The maximum absolute atomic E-state index is 12.8. The second-order valence-corrected chi connectivity index (χ2v) is 7.36. The molecule has 3 fully saturated rings. The van der Waals surface area contributed by atoms with Gasteiger partial charge in [-0.25, -0.2) is 9.97 Å². The maximum atomic E-state index is 12.8. The molecule has 1 spiro atoms. The van der Waals surface area contributed by atoms with Gasteiger partial charge in [0.15, 0.2) is 0 Å². The molecule has 0 aromatic carbocycles. The van der Waals surface area contributed by atoms with Gasteiger partial charge in [-0.2, -0.15) is 0 Å². The van der Waals surface area contributed by atoms with Crippen molar-refractivity contribution in [3.05, 3.63) is 18.5 Å². The van der Waals surface area contributed by atoms with E-state index in [-0.39, 0.29) is 23.5 Å². The molecule has 2 atom stereocenters. The summed E-state index contributed by atoms with van der Waals surface area (Å²) < 4.78 is 11.6. The molecule has 1 amide bonds. The highest BCUT2D eigenvalue weighted by molar-refractivity contribution is 5.79. The number of nitrogens with one attached hydrogen (secondary N) is 1. The lowest BCUT2D eigenvalue weighted by Crippen LogP contribution is -2.52. The molecule has 4 rings (SSSR count). The molecule has 7 nitrogen and oxygen atoms in total. The molecule has 1 aromatic rings. The van der Waals surface area contributed by atoms with Crippen molar-refractivity contribution in [1.29, 1.82) is 0 Å². The summed E-state index contributed by atoms with van der Waals surface area (Å²) in [5, 5.41) is 3.35. The minimum absolute atomic E-state index is 0.122. The zero-order valence-corrected chi connectivity index (χ0v) is 14.5. The molecular formula is C18H26N4O3. The van der Waals surface area contributed by atoms with Gasteiger partial charge in [0.05, 0.1) is 18.2 Å². The number of hydrogen-bond acceptors (Lipinski definition) is 6. The first-order valence-electron chi connectivity index (χ1n) is 9.28. The Hall–Kier alpha value is -1.73. The predicted octanol–water partition coefficient (Wildman–Crippen LogP) is 1.47. The fraction of sp³-hybridized carbons (Fsp3) is 0.722. The van der Waals surface area contributed by atoms with Crippen molar-refractivity contribution in [3.63, 3.8) is 0 Å². The summed E-state index contributed by atoms with van der Waals surface area (Å²) in [5.74, 6) is 1.05. The molecule has 136 valence electrons. The lowest BCUT2D eigenvalue weighted by atomic mass is 9.87. The van der Waals surface area contributed by atoms with Gasteiger partial charge < -0.3 is 19.7 Å². The molecule has 0 saturated carbocycles. The lowest BCUT2D eigenvalue weighted by molar-refractivity contribution is -0.146. The highest BCUT2D eigenvalue weighted by atomic mass is 16.5. The average Bonchev–Trinajstić information content (AvgIpc) is 3.04. The van der Waals surface area contributed by atoms with Crippen LogP contribution in [-0.4, -0.2) is 65.3 Å². The standard InChI is InChI=1S/C18H26N4O3/c23-16(14-3-9-24-10-4-14)22-8-1-5-18(13-22)11-15(12-25-18)21-17-19-6-2-7-20-17/h2,6-7,14-15H,1,3-5,8-13H2,(H,19,20,21)/t15-,18-/m0/s1. The molecule has 3 saturated heterocycles. The number of rotatable bonds is 3. The quantitative estimate of drug-likeness (QED) is 0.893. The number of anilines is 1. The van der Waals surface area contributed by atoms with E-state index in [1.165, 1.54) is 0 Å². The van der Waals surface area contributed by atoms with Crippen molar-refractivity contribution >= 4 is 11.9 Å². The monoisotopic (exact) mass is 346 g/mol. The number of nitrogens with zero attached hydrogens (tertiary/aromatic N) is 3. The van der Waals surface area contributed by atoms with E-state index in [9.17, 15) is 4.79 Å². The molecule has 0 aliphatic carbocycles. The summed E-state index contributed by atoms with van der Waals surface area (Å²) >= 11 is 0. The van der Waals surface area contributed by atoms with Crippen LogP contribution < -0.4 is 5.32 Å². The second kappa shape index (κ2) is 7.25. The first-order valence-corrected chi connectivity index (χ1v) is 9.28. The van der Waals surface area contributed by atoms with Gasteiger partial charge in [0.1, 0.15) is 0 Å². The number of amides is 1. The van der Waals surface area contributed by atoms with Gasteiger partial charge in [0.25, 0.3) is 0 Å². The van der Waals surface area contributed by atoms with Gasteiger partial charge >= 0.3 is 0 Å². The summed E-state index contributed by atoms with van der Waals surface area (Å²) in [4.78, 5) is 23.3. The molecule has 7 heteroatoms. The van der Waals surface area contributed by atoms with Gasteiger partial charge in [0.2, 0.25) is 11.9 Å². The van der Waals surface area contributed by atoms with Crippen LogP contribution in [0.3, 0.4) is 0 Å². The Balaban J connectivity index is 1.36. The highest BCUT2D eigenvalue weighted by Gasteiger charge is 2.45. The van der Waals surface area contributed by atoms with Crippen LogP contribution in [0.25, 0.3) is 0 Å². The lowest BCUT2D eigenvalue weighted by Gasteiger charge is -2.41. The molecule has 0 bridgehead atoms. The Labute approximate surface area is 148 Å².